The van der Waals surface area contributed by atoms with Crippen LogP contribution in [0.3, 0.4) is 0 Å². The minimum Gasteiger partial charge on any atom is -0.337 e. The van der Waals surface area contributed by atoms with E-state index in [1.807, 2.05) is 30.3 Å². The molecule has 0 atom stereocenters. The van der Waals surface area contributed by atoms with E-state index in [0.717, 1.165) is 5.56 Å². The number of benzene rings is 2. The molecule has 0 saturated heterocycles. The Morgan fingerprint density at radius 1 is 1.00 bits per heavy atom. The number of carbonyl (C=O) groups is 1. The summed E-state index contributed by atoms with van der Waals surface area (Å²) in [6.07, 6.45) is 0.352. The van der Waals surface area contributed by atoms with Crippen molar-refractivity contribution in [2.45, 2.75) is 6.42 Å². The lowest BCUT2D eigenvalue weighted by molar-refractivity contribution is -0.178. The lowest BCUT2D eigenvalue weighted by Crippen LogP contribution is -2.06. The summed E-state index contributed by atoms with van der Waals surface area (Å²) >= 11 is 0. The highest BCUT2D eigenvalue weighted by Gasteiger charge is 2.13. The molecule has 3 heteroatoms. The van der Waals surface area contributed by atoms with Gasteiger partial charge < -0.3 is 4.89 Å². The van der Waals surface area contributed by atoms with E-state index in [9.17, 15) is 4.79 Å². The standard InChI is InChI=1S/C15H14O3/c1-17-18-15-10-6-5-9-13(15)14(16)11-12-7-3-2-4-8-12/h2-10H,11H2,1H3. The van der Waals surface area contributed by atoms with Crippen LogP contribution in [-0.2, 0) is 11.3 Å². The molecule has 0 aliphatic heterocycles. The second-order valence-corrected chi connectivity index (χ2v) is 3.83. The van der Waals surface area contributed by atoms with Gasteiger partial charge in [-0.25, -0.2) is 0 Å². The molecular formula is C15H14O3. The summed E-state index contributed by atoms with van der Waals surface area (Å²) in [5, 5.41) is 0. The van der Waals surface area contributed by atoms with Gasteiger partial charge in [-0.1, -0.05) is 42.5 Å². The number of para-hydroxylation sites is 1. The van der Waals surface area contributed by atoms with Crippen LogP contribution in [0.4, 0.5) is 0 Å². The van der Waals surface area contributed by atoms with E-state index in [1.54, 1.807) is 24.3 Å². The van der Waals surface area contributed by atoms with Gasteiger partial charge in [0.25, 0.3) is 0 Å². The minimum absolute atomic E-state index is 0.00819. The second-order valence-electron chi connectivity index (χ2n) is 3.83. The van der Waals surface area contributed by atoms with Gasteiger partial charge in [-0.3, -0.25) is 4.79 Å². The highest BCUT2D eigenvalue weighted by Crippen LogP contribution is 2.20. The van der Waals surface area contributed by atoms with Crippen molar-refractivity contribution in [2.24, 2.45) is 0 Å². The van der Waals surface area contributed by atoms with E-state index in [1.165, 1.54) is 7.11 Å². The molecule has 0 aliphatic carbocycles. The fourth-order valence-corrected chi connectivity index (χ4v) is 1.74. The van der Waals surface area contributed by atoms with Gasteiger partial charge in [0.1, 0.15) is 0 Å². The molecule has 0 bridgehead atoms. The zero-order valence-corrected chi connectivity index (χ0v) is 10.1. The predicted molar refractivity (Wildman–Crippen MR) is 68.6 cm³/mol. The van der Waals surface area contributed by atoms with E-state index in [4.69, 9.17) is 4.89 Å². The molecule has 92 valence electrons. The zero-order valence-electron chi connectivity index (χ0n) is 10.1. The first-order valence-corrected chi connectivity index (χ1v) is 5.68. The SMILES string of the molecule is COOc1ccccc1C(=O)Cc1ccccc1. The van der Waals surface area contributed by atoms with Crippen LogP contribution in [-0.4, -0.2) is 12.9 Å². The Bertz CT molecular complexity index is 520. The first kappa shape index (κ1) is 12.3. The van der Waals surface area contributed by atoms with Crippen LogP contribution in [0.25, 0.3) is 0 Å². The predicted octanol–water partition coefficient (Wildman–Crippen LogP) is 3.05. The Labute approximate surface area is 106 Å². The maximum absolute atomic E-state index is 12.2. The van der Waals surface area contributed by atoms with Crippen molar-refractivity contribution in [3.8, 4) is 5.75 Å². The Balaban J connectivity index is 2.19. The zero-order chi connectivity index (χ0) is 12.8. The number of rotatable bonds is 5. The van der Waals surface area contributed by atoms with Gasteiger partial charge in [0, 0.05) is 6.42 Å². The molecule has 0 saturated carbocycles. The normalized spacial score (nSPS) is 10.1. The summed E-state index contributed by atoms with van der Waals surface area (Å²) in [4.78, 5) is 21.8. The van der Waals surface area contributed by atoms with Gasteiger partial charge in [0.05, 0.1) is 12.7 Å². The smallest absolute Gasteiger partial charge is 0.176 e. The van der Waals surface area contributed by atoms with E-state index < -0.39 is 0 Å². The third-order valence-electron chi connectivity index (χ3n) is 2.57. The number of hydrogen-bond acceptors (Lipinski definition) is 3. The van der Waals surface area contributed by atoms with Crippen molar-refractivity contribution >= 4 is 5.78 Å². The molecular weight excluding hydrogens is 228 g/mol. The summed E-state index contributed by atoms with van der Waals surface area (Å²) in [5.41, 5.74) is 1.51. The van der Waals surface area contributed by atoms with Crippen LogP contribution < -0.4 is 4.89 Å². The van der Waals surface area contributed by atoms with E-state index >= 15 is 0 Å². The van der Waals surface area contributed by atoms with Crippen molar-refractivity contribution in [2.75, 3.05) is 7.11 Å². The molecule has 0 aromatic heterocycles. The van der Waals surface area contributed by atoms with E-state index in [2.05, 4.69) is 4.89 Å². The summed E-state index contributed by atoms with van der Waals surface area (Å²) in [5.74, 6) is 0.454. The fraction of sp³-hybridized carbons (Fsp3) is 0.133. The average Bonchev–Trinajstić information content (AvgIpc) is 2.41. The topological polar surface area (TPSA) is 35.5 Å². The average molecular weight is 242 g/mol. The van der Waals surface area contributed by atoms with Crippen LogP contribution in [0.2, 0.25) is 0 Å². The maximum Gasteiger partial charge on any atom is 0.176 e. The third-order valence-corrected chi connectivity index (χ3v) is 2.57. The Hall–Kier alpha value is -2.13. The molecule has 0 spiro atoms. The molecule has 2 aromatic carbocycles. The maximum atomic E-state index is 12.2. The van der Waals surface area contributed by atoms with E-state index in [-0.39, 0.29) is 5.78 Å². The second kappa shape index (κ2) is 5.98. The Morgan fingerprint density at radius 2 is 1.67 bits per heavy atom. The van der Waals surface area contributed by atoms with Gasteiger partial charge in [-0.05, 0) is 17.7 Å². The molecule has 2 rings (SSSR count). The highest BCUT2D eigenvalue weighted by molar-refractivity contribution is 5.99. The number of hydrogen-bond donors (Lipinski definition) is 0. The lowest BCUT2D eigenvalue weighted by Gasteiger charge is -2.07. The van der Waals surface area contributed by atoms with Crippen molar-refractivity contribution < 1.29 is 14.6 Å². The fourth-order valence-electron chi connectivity index (χ4n) is 1.74. The molecule has 0 amide bonds. The number of carbonyl (C=O) groups excluding carboxylic acids is 1. The Kier molecular flexibility index (Phi) is 4.10. The molecule has 0 radical (unpaired) electrons. The van der Waals surface area contributed by atoms with Crippen LogP contribution >= 0.6 is 0 Å². The first-order chi connectivity index (χ1) is 8.81. The monoisotopic (exact) mass is 242 g/mol. The molecule has 0 fully saturated rings. The van der Waals surface area contributed by atoms with Crippen molar-refractivity contribution in [3.05, 3.63) is 65.7 Å². The molecule has 2 aromatic rings. The quantitative estimate of drug-likeness (QED) is 0.459. The van der Waals surface area contributed by atoms with Gasteiger partial charge >= 0.3 is 0 Å². The van der Waals surface area contributed by atoms with Gasteiger partial charge in [-0.15, -0.1) is 0 Å². The first-order valence-electron chi connectivity index (χ1n) is 5.68. The third kappa shape index (κ3) is 2.96. The molecule has 18 heavy (non-hydrogen) atoms. The van der Waals surface area contributed by atoms with Gasteiger partial charge in [-0.2, -0.15) is 4.89 Å². The Morgan fingerprint density at radius 3 is 2.39 bits per heavy atom. The number of ketones is 1. The molecule has 0 aliphatic rings. The van der Waals surface area contributed by atoms with Crippen LogP contribution in [0.5, 0.6) is 5.75 Å². The summed E-state index contributed by atoms with van der Waals surface area (Å²) in [6, 6.07) is 16.7. The lowest BCUT2D eigenvalue weighted by atomic mass is 10.0. The van der Waals surface area contributed by atoms with E-state index in [0.29, 0.717) is 17.7 Å². The molecule has 0 heterocycles. The van der Waals surface area contributed by atoms with Gasteiger partial charge in [0.2, 0.25) is 0 Å². The van der Waals surface area contributed by atoms with Crippen LogP contribution in [0.15, 0.2) is 54.6 Å². The van der Waals surface area contributed by atoms with Crippen molar-refractivity contribution in [1.82, 2.24) is 0 Å². The molecule has 0 unspecified atom stereocenters. The highest BCUT2D eigenvalue weighted by atomic mass is 17.2. The van der Waals surface area contributed by atoms with Gasteiger partial charge in [0.15, 0.2) is 11.5 Å². The summed E-state index contributed by atoms with van der Waals surface area (Å²) in [6.45, 7) is 0. The van der Waals surface area contributed by atoms with Crippen LogP contribution in [0.1, 0.15) is 15.9 Å². The van der Waals surface area contributed by atoms with Crippen molar-refractivity contribution in [1.29, 1.82) is 0 Å². The van der Waals surface area contributed by atoms with Crippen molar-refractivity contribution in [3.63, 3.8) is 0 Å². The number of Topliss-reactive ketones (excluding diaryl/α,β-unsaturated/α-hetero) is 1. The van der Waals surface area contributed by atoms with Crippen LogP contribution in [0, 0.1) is 0 Å². The summed E-state index contributed by atoms with van der Waals surface area (Å²) in [7, 11) is 1.42. The largest absolute Gasteiger partial charge is 0.337 e. The molecule has 3 nitrogen and oxygen atoms in total. The summed E-state index contributed by atoms with van der Waals surface area (Å²) < 4.78 is 0. The molecule has 0 N–H and O–H groups in total. The minimum atomic E-state index is 0.00819.